The van der Waals surface area contributed by atoms with Crippen molar-refractivity contribution < 1.29 is 4.79 Å². The molecule has 1 N–H and O–H groups in total. The van der Waals surface area contributed by atoms with Crippen LogP contribution in [0.15, 0.2) is 83.9 Å². The van der Waals surface area contributed by atoms with Gasteiger partial charge in [0, 0.05) is 21.7 Å². The molecule has 3 aromatic carbocycles. The number of amides is 1. The van der Waals surface area contributed by atoms with Crippen LogP contribution in [0.1, 0.15) is 0 Å². The van der Waals surface area contributed by atoms with Gasteiger partial charge in [-0.2, -0.15) is 9.61 Å². The van der Waals surface area contributed by atoms with Crippen molar-refractivity contribution in [2.45, 2.75) is 5.03 Å². The van der Waals surface area contributed by atoms with E-state index in [9.17, 15) is 4.79 Å². The number of carbonyl (C=O) groups is 1. The molecule has 5 aromatic rings. The van der Waals surface area contributed by atoms with E-state index in [1.165, 1.54) is 11.8 Å². The van der Waals surface area contributed by atoms with E-state index in [-0.39, 0.29) is 11.7 Å². The lowest BCUT2D eigenvalue weighted by Gasteiger charge is -2.08. The highest BCUT2D eigenvalue weighted by atomic mass is 35.5. The van der Waals surface area contributed by atoms with Gasteiger partial charge >= 0.3 is 0 Å². The van der Waals surface area contributed by atoms with E-state index in [0.717, 1.165) is 22.0 Å². The average molecular weight is 446 g/mol. The summed E-state index contributed by atoms with van der Waals surface area (Å²) in [5, 5.41) is 19.5. The summed E-state index contributed by atoms with van der Waals surface area (Å²) >= 11 is 7.34. The van der Waals surface area contributed by atoms with Crippen molar-refractivity contribution in [1.82, 2.24) is 19.8 Å². The Morgan fingerprint density at radius 1 is 0.935 bits per heavy atom. The Hall–Kier alpha value is -3.42. The number of nitrogens with zero attached hydrogens (tertiary/aromatic N) is 4. The van der Waals surface area contributed by atoms with Crippen LogP contribution >= 0.6 is 23.4 Å². The molecule has 0 unspecified atom stereocenters. The van der Waals surface area contributed by atoms with Crippen LogP contribution in [0.4, 0.5) is 5.69 Å². The first-order valence-electron chi connectivity index (χ1n) is 9.56. The van der Waals surface area contributed by atoms with Gasteiger partial charge in [-0.3, -0.25) is 4.79 Å². The van der Waals surface area contributed by atoms with Crippen molar-refractivity contribution in [3.8, 4) is 11.4 Å². The molecule has 8 heteroatoms. The number of aromatic nitrogens is 4. The second-order valence-electron chi connectivity index (χ2n) is 6.84. The Morgan fingerprint density at radius 3 is 2.61 bits per heavy atom. The molecule has 0 aliphatic carbocycles. The van der Waals surface area contributed by atoms with Gasteiger partial charge in [0.2, 0.25) is 5.91 Å². The second-order valence-corrected chi connectivity index (χ2v) is 8.27. The highest BCUT2D eigenvalue weighted by molar-refractivity contribution is 7.99. The number of halogens is 1. The highest BCUT2D eigenvalue weighted by Crippen LogP contribution is 2.25. The van der Waals surface area contributed by atoms with Gasteiger partial charge in [0.25, 0.3) is 0 Å². The molecule has 2 heterocycles. The zero-order valence-corrected chi connectivity index (χ0v) is 17.8. The maximum atomic E-state index is 12.6. The predicted molar refractivity (Wildman–Crippen MR) is 125 cm³/mol. The Kier molecular flexibility index (Phi) is 5.28. The van der Waals surface area contributed by atoms with E-state index in [2.05, 4.69) is 20.6 Å². The van der Waals surface area contributed by atoms with E-state index in [1.807, 2.05) is 66.7 Å². The average Bonchev–Trinajstić information content (AvgIpc) is 3.22. The summed E-state index contributed by atoms with van der Waals surface area (Å²) in [6.07, 6.45) is 0. The van der Waals surface area contributed by atoms with Crippen LogP contribution in [0.25, 0.3) is 27.8 Å². The van der Waals surface area contributed by atoms with Crippen molar-refractivity contribution >= 4 is 51.4 Å². The Morgan fingerprint density at radius 2 is 1.74 bits per heavy atom. The maximum absolute atomic E-state index is 12.6. The molecule has 0 saturated heterocycles. The number of carbonyl (C=O) groups excluding carboxylic acids is 1. The first-order chi connectivity index (χ1) is 15.2. The Balaban J connectivity index is 1.33. The van der Waals surface area contributed by atoms with Crippen LogP contribution in [-0.2, 0) is 4.79 Å². The highest BCUT2D eigenvalue weighted by Gasteiger charge is 2.12. The molecule has 0 spiro atoms. The largest absolute Gasteiger partial charge is 0.325 e. The molecule has 0 fully saturated rings. The van der Waals surface area contributed by atoms with Crippen molar-refractivity contribution in [3.63, 3.8) is 0 Å². The van der Waals surface area contributed by atoms with Crippen LogP contribution in [0.3, 0.4) is 0 Å². The monoisotopic (exact) mass is 445 g/mol. The minimum absolute atomic E-state index is 0.0927. The second kappa shape index (κ2) is 8.37. The van der Waals surface area contributed by atoms with Gasteiger partial charge in [0.05, 0.1) is 5.75 Å². The maximum Gasteiger partial charge on any atom is 0.234 e. The fourth-order valence-electron chi connectivity index (χ4n) is 3.29. The zero-order valence-electron chi connectivity index (χ0n) is 16.2. The first kappa shape index (κ1) is 19.5. The molecule has 2 aromatic heterocycles. The van der Waals surface area contributed by atoms with Crippen LogP contribution in [0.5, 0.6) is 0 Å². The molecule has 0 radical (unpaired) electrons. The number of fused-ring (bicyclic) bond motifs is 2. The molecular formula is C23H16ClN5OS. The molecule has 6 nitrogen and oxygen atoms in total. The molecule has 1 amide bonds. The van der Waals surface area contributed by atoms with E-state index in [1.54, 1.807) is 16.6 Å². The minimum atomic E-state index is -0.0927. The van der Waals surface area contributed by atoms with Crippen LogP contribution in [0, 0.1) is 0 Å². The summed E-state index contributed by atoms with van der Waals surface area (Å²) in [7, 11) is 0. The lowest BCUT2D eigenvalue weighted by atomic mass is 10.1. The fraction of sp³-hybridized carbons (Fsp3) is 0.0435. The third-order valence-corrected chi connectivity index (χ3v) is 5.93. The van der Waals surface area contributed by atoms with Crippen LogP contribution < -0.4 is 5.32 Å². The van der Waals surface area contributed by atoms with E-state index in [0.29, 0.717) is 21.5 Å². The Bertz CT molecular complexity index is 1400. The van der Waals surface area contributed by atoms with E-state index < -0.39 is 0 Å². The molecule has 152 valence electrons. The van der Waals surface area contributed by atoms with Gasteiger partial charge in [0.1, 0.15) is 5.03 Å². The summed E-state index contributed by atoms with van der Waals surface area (Å²) in [6.45, 7) is 0. The van der Waals surface area contributed by atoms with Gasteiger partial charge in [0.15, 0.2) is 11.5 Å². The lowest BCUT2D eigenvalue weighted by Crippen LogP contribution is -2.14. The third-order valence-electron chi connectivity index (χ3n) is 4.76. The van der Waals surface area contributed by atoms with Crippen molar-refractivity contribution in [2.24, 2.45) is 0 Å². The summed E-state index contributed by atoms with van der Waals surface area (Å²) in [5.41, 5.74) is 2.30. The van der Waals surface area contributed by atoms with Gasteiger partial charge in [-0.15, -0.1) is 10.2 Å². The summed E-state index contributed by atoms with van der Waals surface area (Å²) in [6, 6.07) is 24.9. The molecule has 0 aliphatic heterocycles. The smallest absolute Gasteiger partial charge is 0.234 e. The number of benzene rings is 3. The zero-order chi connectivity index (χ0) is 21.2. The van der Waals surface area contributed by atoms with Gasteiger partial charge in [-0.1, -0.05) is 59.8 Å². The van der Waals surface area contributed by atoms with Crippen LogP contribution in [-0.4, -0.2) is 31.5 Å². The fourth-order valence-corrected chi connectivity index (χ4v) is 4.07. The molecule has 0 atom stereocenters. The van der Waals surface area contributed by atoms with E-state index >= 15 is 0 Å². The molecule has 5 rings (SSSR count). The van der Waals surface area contributed by atoms with Crippen molar-refractivity contribution in [1.29, 1.82) is 0 Å². The molecular weight excluding hydrogens is 430 g/mol. The molecule has 0 bridgehead atoms. The molecule has 31 heavy (non-hydrogen) atoms. The normalized spacial score (nSPS) is 11.1. The van der Waals surface area contributed by atoms with Gasteiger partial charge in [-0.25, -0.2) is 0 Å². The number of thioether (sulfide) groups is 1. The first-order valence-corrected chi connectivity index (χ1v) is 10.9. The predicted octanol–water partition coefficient (Wildman–Crippen LogP) is 5.33. The van der Waals surface area contributed by atoms with Crippen LogP contribution in [0.2, 0.25) is 5.02 Å². The van der Waals surface area contributed by atoms with Crippen molar-refractivity contribution in [3.05, 3.63) is 83.9 Å². The topological polar surface area (TPSA) is 72.2 Å². The van der Waals surface area contributed by atoms with E-state index in [4.69, 9.17) is 11.6 Å². The summed E-state index contributed by atoms with van der Waals surface area (Å²) in [5.74, 6) is 0.763. The lowest BCUT2D eigenvalue weighted by molar-refractivity contribution is -0.113. The Labute approximate surface area is 187 Å². The summed E-state index contributed by atoms with van der Waals surface area (Å²) < 4.78 is 1.67. The third kappa shape index (κ3) is 4.10. The molecule has 0 aliphatic rings. The van der Waals surface area contributed by atoms with Gasteiger partial charge < -0.3 is 5.32 Å². The SMILES string of the molecule is O=C(CSc1ccc2nnc(-c3ccc(Cl)cc3)n2n1)Nc1cccc2ccccc12. The number of hydrogen-bond donors (Lipinski definition) is 1. The van der Waals surface area contributed by atoms with Gasteiger partial charge in [-0.05, 0) is 47.9 Å². The standard InChI is InChI=1S/C23H16ClN5OS/c24-17-10-8-16(9-11-17)23-27-26-20-12-13-22(28-29(20)23)31-14-21(30)25-19-7-3-5-15-4-1-2-6-18(15)19/h1-13H,14H2,(H,25,30). The number of nitrogens with one attached hydrogen (secondary N) is 1. The number of rotatable bonds is 5. The number of hydrogen-bond acceptors (Lipinski definition) is 5. The quantitative estimate of drug-likeness (QED) is 0.370. The minimum Gasteiger partial charge on any atom is -0.325 e. The summed E-state index contributed by atoms with van der Waals surface area (Å²) in [4.78, 5) is 12.6. The molecule has 0 saturated carbocycles. The number of anilines is 1. The van der Waals surface area contributed by atoms with Crippen molar-refractivity contribution in [2.75, 3.05) is 11.1 Å².